The van der Waals surface area contributed by atoms with Crippen molar-refractivity contribution in [2.45, 2.75) is 24.3 Å². The summed E-state index contributed by atoms with van der Waals surface area (Å²) in [5.41, 5.74) is 2.09. The van der Waals surface area contributed by atoms with Gasteiger partial charge >= 0.3 is 0 Å². The van der Waals surface area contributed by atoms with E-state index < -0.39 is 10.0 Å². The fraction of sp³-hybridized carbons (Fsp3) is 0.250. The smallest absolute Gasteiger partial charge is 0.251 e. The van der Waals surface area contributed by atoms with Crippen molar-refractivity contribution in [1.82, 2.24) is 20.0 Å². The molecule has 1 amide bonds. The topological polar surface area (TPSA) is 101 Å². The number of carbonyl (C=O) groups excluding carboxylic acids is 1. The van der Waals surface area contributed by atoms with Crippen LogP contribution in [-0.4, -0.2) is 30.8 Å². The Bertz CT molecular complexity index is 1110. The average molecular weight is 429 g/mol. The molecule has 29 heavy (non-hydrogen) atoms. The lowest BCUT2D eigenvalue weighted by atomic mass is 10.2. The molecule has 1 aliphatic rings. The SMILES string of the molecule is O=C(NCc1nc(-c2ccncc2)cs1)c1cccc(S(=O)(=O)NCC2CC2)c1. The van der Waals surface area contributed by atoms with Gasteiger partial charge in [-0.1, -0.05) is 6.07 Å². The van der Waals surface area contributed by atoms with E-state index >= 15 is 0 Å². The van der Waals surface area contributed by atoms with Gasteiger partial charge in [-0.3, -0.25) is 9.78 Å². The number of carbonyl (C=O) groups is 1. The number of sulfonamides is 1. The first-order valence-corrected chi connectivity index (χ1v) is 11.6. The number of thiazole rings is 1. The van der Waals surface area contributed by atoms with E-state index in [1.54, 1.807) is 24.5 Å². The summed E-state index contributed by atoms with van der Waals surface area (Å²) in [4.78, 5) is 21.1. The summed E-state index contributed by atoms with van der Waals surface area (Å²) in [5.74, 6) is 0.0940. The van der Waals surface area contributed by atoms with Gasteiger partial charge in [-0.2, -0.15) is 0 Å². The van der Waals surface area contributed by atoms with Crippen molar-refractivity contribution >= 4 is 27.3 Å². The molecule has 150 valence electrons. The molecule has 0 aliphatic heterocycles. The van der Waals surface area contributed by atoms with E-state index in [4.69, 9.17) is 0 Å². The molecule has 0 atom stereocenters. The summed E-state index contributed by atoms with van der Waals surface area (Å²) >= 11 is 1.45. The second-order valence-corrected chi connectivity index (χ2v) is 9.58. The molecular weight excluding hydrogens is 408 g/mol. The van der Waals surface area contributed by atoms with Crippen LogP contribution in [0.5, 0.6) is 0 Å². The van der Waals surface area contributed by atoms with E-state index in [0.717, 1.165) is 29.1 Å². The van der Waals surface area contributed by atoms with E-state index in [1.807, 2.05) is 17.5 Å². The first-order valence-electron chi connectivity index (χ1n) is 9.24. The zero-order chi connectivity index (χ0) is 20.3. The highest BCUT2D eigenvalue weighted by Gasteiger charge is 2.24. The number of rotatable bonds is 8. The molecule has 0 unspecified atom stereocenters. The molecule has 1 fully saturated rings. The maximum atomic E-state index is 12.5. The number of hydrogen-bond acceptors (Lipinski definition) is 6. The lowest BCUT2D eigenvalue weighted by Crippen LogP contribution is -2.27. The molecule has 4 rings (SSSR count). The first kappa shape index (κ1) is 19.7. The van der Waals surface area contributed by atoms with Crippen LogP contribution in [-0.2, 0) is 16.6 Å². The van der Waals surface area contributed by atoms with Gasteiger partial charge in [-0.05, 0) is 49.1 Å². The van der Waals surface area contributed by atoms with Crippen LogP contribution in [0.4, 0.5) is 0 Å². The van der Waals surface area contributed by atoms with Gasteiger partial charge in [0, 0.05) is 35.4 Å². The Morgan fingerprint density at radius 2 is 1.97 bits per heavy atom. The molecule has 1 saturated carbocycles. The minimum atomic E-state index is -3.61. The maximum Gasteiger partial charge on any atom is 0.251 e. The molecule has 2 heterocycles. The number of aromatic nitrogens is 2. The summed E-state index contributed by atoms with van der Waals surface area (Å²) < 4.78 is 27.4. The van der Waals surface area contributed by atoms with Gasteiger partial charge in [0.15, 0.2) is 0 Å². The fourth-order valence-corrected chi connectivity index (χ4v) is 4.65. The molecule has 1 aliphatic carbocycles. The highest BCUT2D eigenvalue weighted by Crippen LogP contribution is 2.28. The van der Waals surface area contributed by atoms with Crippen LogP contribution in [0.2, 0.25) is 0 Å². The molecule has 0 bridgehead atoms. The molecule has 0 saturated heterocycles. The predicted molar refractivity (Wildman–Crippen MR) is 111 cm³/mol. The summed E-state index contributed by atoms with van der Waals surface area (Å²) in [7, 11) is -3.61. The second-order valence-electron chi connectivity index (χ2n) is 6.87. The molecule has 3 aromatic rings. The summed E-state index contributed by atoms with van der Waals surface area (Å²) in [6.07, 6.45) is 5.53. The maximum absolute atomic E-state index is 12.5. The third-order valence-electron chi connectivity index (χ3n) is 4.59. The lowest BCUT2D eigenvalue weighted by molar-refractivity contribution is 0.0950. The van der Waals surface area contributed by atoms with Gasteiger partial charge in [0.1, 0.15) is 5.01 Å². The van der Waals surface area contributed by atoms with Crippen molar-refractivity contribution in [1.29, 1.82) is 0 Å². The molecule has 9 heteroatoms. The molecule has 2 N–H and O–H groups in total. The van der Waals surface area contributed by atoms with Crippen molar-refractivity contribution in [2.75, 3.05) is 6.54 Å². The highest BCUT2D eigenvalue weighted by atomic mass is 32.2. The Kier molecular flexibility index (Phi) is 5.70. The number of nitrogens with zero attached hydrogens (tertiary/aromatic N) is 2. The largest absolute Gasteiger partial charge is 0.346 e. The Labute approximate surface area is 173 Å². The van der Waals surface area contributed by atoms with Crippen molar-refractivity contribution in [3.63, 3.8) is 0 Å². The molecular formula is C20H20N4O3S2. The van der Waals surface area contributed by atoms with E-state index in [2.05, 4.69) is 20.0 Å². The summed E-state index contributed by atoms with van der Waals surface area (Å²) in [5, 5.41) is 5.49. The van der Waals surface area contributed by atoms with Gasteiger partial charge < -0.3 is 5.32 Å². The van der Waals surface area contributed by atoms with Crippen LogP contribution in [0.25, 0.3) is 11.3 Å². The third-order valence-corrected chi connectivity index (χ3v) is 6.86. The molecule has 0 spiro atoms. The standard InChI is InChI=1S/C20H20N4O3S2/c25-20(22-12-19-24-18(13-28-19)15-6-8-21-9-7-15)16-2-1-3-17(10-16)29(26,27)23-11-14-4-5-14/h1-3,6-10,13-14,23H,4-5,11-12H2,(H,22,25). The number of pyridine rings is 1. The quantitative estimate of drug-likeness (QED) is 0.575. The lowest BCUT2D eigenvalue weighted by Gasteiger charge is -2.08. The summed E-state index contributed by atoms with van der Waals surface area (Å²) in [6.45, 7) is 0.716. The zero-order valence-electron chi connectivity index (χ0n) is 15.5. The first-order chi connectivity index (χ1) is 14.0. The van der Waals surface area contributed by atoms with Gasteiger partial charge in [-0.25, -0.2) is 18.1 Å². The van der Waals surface area contributed by atoms with E-state index in [0.29, 0.717) is 18.0 Å². The van der Waals surface area contributed by atoms with E-state index in [-0.39, 0.29) is 17.3 Å². The molecule has 0 radical (unpaired) electrons. The molecule has 1 aromatic carbocycles. The van der Waals surface area contributed by atoms with Crippen LogP contribution in [0.1, 0.15) is 28.2 Å². The highest BCUT2D eigenvalue weighted by molar-refractivity contribution is 7.89. The number of nitrogens with one attached hydrogen (secondary N) is 2. The minimum Gasteiger partial charge on any atom is -0.346 e. The van der Waals surface area contributed by atoms with Crippen LogP contribution in [0.15, 0.2) is 59.1 Å². The van der Waals surface area contributed by atoms with E-state index in [1.165, 1.54) is 23.5 Å². The van der Waals surface area contributed by atoms with Crippen molar-refractivity contribution in [3.8, 4) is 11.3 Å². The molecule has 7 nitrogen and oxygen atoms in total. The van der Waals surface area contributed by atoms with Crippen molar-refractivity contribution in [2.24, 2.45) is 5.92 Å². The number of hydrogen-bond donors (Lipinski definition) is 2. The minimum absolute atomic E-state index is 0.0972. The average Bonchev–Trinajstić information content (AvgIpc) is 3.47. The van der Waals surface area contributed by atoms with Crippen LogP contribution < -0.4 is 10.0 Å². The van der Waals surface area contributed by atoms with Gasteiger partial charge in [0.25, 0.3) is 5.91 Å². The third kappa shape index (κ3) is 5.06. The number of amides is 1. The van der Waals surface area contributed by atoms with Crippen molar-refractivity contribution < 1.29 is 13.2 Å². The fourth-order valence-electron chi connectivity index (χ4n) is 2.74. The normalized spacial score (nSPS) is 13.9. The Balaban J connectivity index is 1.39. The zero-order valence-corrected chi connectivity index (χ0v) is 17.2. The van der Waals surface area contributed by atoms with Crippen LogP contribution >= 0.6 is 11.3 Å². The van der Waals surface area contributed by atoms with Gasteiger partial charge in [0.2, 0.25) is 10.0 Å². The Morgan fingerprint density at radius 1 is 1.17 bits per heavy atom. The number of benzene rings is 1. The monoisotopic (exact) mass is 428 g/mol. The Hall–Kier alpha value is -2.62. The van der Waals surface area contributed by atoms with Crippen molar-refractivity contribution in [3.05, 3.63) is 64.7 Å². The van der Waals surface area contributed by atoms with E-state index in [9.17, 15) is 13.2 Å². The van der Waals surface area contributed by atoms with Gasteiger partial charge in [-0.15, -0.1) is 11.3 Å². The second kappa shape index (κ2) is 8.40. The molecule has 2 aromatic heterocycles. The Morgan fingerprint density at radius 3 is 2.72 bits per heavy atom. The predicted octanol–water partition coefficient (Wildman–Crippen LogP) is 2.82. The van der Waals surface area contributed by atoms with Gasteiger partial charge in [0.05, 0.1) is 17.1 Å². The van der Waals surface area contributed by atoms with Crippen LogP contribution in [0, 0.1) is 5.92 Å². The summed E-state index contributed by atoms with van der Waals surface area (Å²) in [6, 6.07) is 9.81. The van der Waals surface area contributed by atoms with Crippen LogP contribution in [0.3, 0.4) is 0 Å².